The second kappa shape index (κ2) is 28.3. The van der Waals surface area contributed by atoms with Gasteiger partial charge in [-0.05, 0) is 181 Å². The number of Topliss-reactive ketones (excluding diaryl/α,β-unsaturated/α-hetero) is 2. The molecule has 2 N–H and O–H groups in total. The van der Waals surface area contributed by atoms with Gasteiger partial charge in [-0.25, -0.2) is 38.9 Å². The predicted molar refractivity (Wildman–Crippen MR) is 361 cm³/mol. The van der Waals surface area contributed by atoms with Crippen LogP contribution in [0.4, 0.5) is 32.9 Å². The van der Waals surface area contributed by atoms with E-state index in [1.807, 2.05) is 161 Å². The summed E-state index contributed by atoms with van der Waals surface area (Å²) in [7, 11) is 3.13. The van der Waals surface area contributed by atoms with Crippen LogP contribution in [0.1, 0.15) is 192 Å². The Morgan fingerprint density at radius 1 is 0.604 bits per heavy atom. The smallest absolute Gasteiger partial charge is 0.444 e. The van der Waals surface area contributed by atoms with Gasteiger partial charge in [0.15, 0.2) is 17.4 Å². The summed E-state index contributed by atoms with van der Waals surface area (Å²) in [5.41, 5.74) is 5.07. The van der Waals surface area contributed by atoms with Crippen LogP contribution in [0, 0.1) is 0 Å². The highest BCUT2D eigenvalue weighted by Crippen LogP contribution is 2.39. The fraction of sp³-hybridized carbons (Fsp3) is 0.515. The summed E-state index contributed by atoms with van der Waals surface area (Å²) < 4.78 is 30.8. The van der Waals surface area contributed by atoms with Crippen molar-refractivity contribution in [2.24, 2.45) is 14.1 Å². The second-order valence-electron chi connectivity index (χ2n) is 29.2. The minimum atomic E-state index is -0.634. The number of halogens is 1. The van der Waals surface area contributed by atoms with Gasteiger partial charge in [0.1, 0.15) is 35.2 Å². The van der Waals surface area contributed by atoms with E-state index in [9.17, 15) is 19.2 Å². The molecule has 1 saturated heterocycles. The number of nitrogens with zero attached hydrogens (tertiary/aromatic N) is 18. The number of carbonyl (C=O) groups excluding carboxylic acids is 4. The van der Waals surface area contributed by atoms with Crippen LogP contribution in [0.15, 0.2) is 86.2 Å². The molecule has 28 nitrogen and oxygen atoms in total. The molecule has 1 fully saturated rings. The predicted octanol–water partition coefficient (Wildman–Crippen LogP) is 10.7. The van der Waals surface area contributed by atoms with Crippen LogP contribution in [-0.4, -0.2) is 156 Å². The zero-order valence-electron chi connectivity index (χ0n) is 58.2. The Morgan fingerprint density at radius 3 is 1.48 bits per heavy atom. The molecule has 0 saturated carbocycles. The number of fused-ring (bicyclic) bond motifs is 2. The van der Waals surface area contributed by atoms with E-state index in [0.717, 1.165) is 44.7 Å². The van der Waals surface area contributed by atoms with Crippen molar-refractivity contribution in [1.29, 1.82) is 0 Å². The minimum Gasteiger partial charge on any atom is -0.444 e. The Balaban J connectivity index is 0.000000188. The molecule has 96 heavy (non-hydrogen) atoms. The van der Waals surface area contributed by atoms with Crippen molar-refractivity contribution in [2.75, 3.05) is 23.7 Å². The lowest BCUT2D eigenvalue weighted by Crippen LogP contribution is -2.41. The van der Waals surface area contributed by atoms with E-state index in [1.165, 1.54) is 12.7 Å². The van der Waals surface area contributed by atoms with Crippen LogP contribution in [0.25, 0.3) is 11.4 Å². The van der Waals surface area contributed by atoms with Gasteiger partial charge in [-0.2, -0.15) is 20.2 Å². The Bertz CT molecular complexity index is 4060. The number of aryl methyl sites for hydroxylation is 2. The van der Waals surface area contributed by atoms with Gasteiger partial charge < -0.3 is 39.2 Å². The van der Waals surface area contributed by atoms with Crippen LogP contribution in [0.5, 0.6) is 0 Å². The monoisotopic (exact) mass is 1330 g/mol. The number of hydrogen-bond donors (Lipinski definition) is 2. The largest absolute Gasteiger partial charge is 0.494 e. The highest BCUT2D eigenvalue weighted by Gasteiger charge is 2.52. The summed E-state index contributed by atoms with van der Waals surface area (Å²) in [6.45, 7) is 32.9. The van der Waals surface area contributed by atoms with Crippen molar-refractivity contribution in [3.63, 3.8) is 0 Å². The number of benzene rings is 2. The third kappa shape index (κ3) is 18.5. The number of hydrogen-bond acceptors (Lipinski definition) is 22. The number of carbonyl (C=O) groups is 4. The van der Waals surface area contributed by atoms with Gasteiger partial charge >= 0.3 is 19.3 Å². The molecule has 0 unspecified atom stereocenters. The highest BCUT2D eigenvalue weighted by molar-refractivity contribution is 6.62. The molecule has 9 heterocycles. The molecule has 0 bridgehead atoms. The van der Waals surface area contributed by atoms with Crippen molar-refractivity contribution < 1.29 is 38.0 Å². The van der Waals surface area contributed by atoms with Crippen molar-refractivity contribution in [3.8, 4) is 11.4 Å². The van der Waals surface area contributed by atoms with Crippen LogP contribution >= 0.6 is 11.6 Å². The molecule has 0 spiro atoms. The molecule has 2 atom stereocenters. The Kier molecular flexibility index (Phi) is 21.0. The van der Waals surface area contributed by atoms with Crippen LogP contribution in [-0.2, 0) is 57.0 Å². The topological polar surface area (TPSA) is 310 Å². The van der Waals surface area contributed by atoms with E-state index in [2.05, 4.69) is 77.4 Å². The average Bonchev–Trinajstić information content (AvgIpc) is 1.61. The molecule has 8 aromatic rings. The highest BCUT2D eigenvalue weighted by atomic mass is 35.5. The second-order valence-corrected chi connectivity index (χ2v) is 29.5. The van der Waals surface area contributed by atoms with Crippen molar-refractivity contribution >= 4 is 71.2 Å². The fourth-order valence-corrected chi connectivity index (χ4v) is 10.7. The first-order valence-corrected chi connectivity index (χ1v) is 32.3. The zero-order chi connectivity index (χ0) is 69.9. The molecule has 2 amide bonds. The van der Waals surface area contributed by atoms with E-state index in [4.69, 9.17) is 30.4 Å². The minimum absolute atomic E-state index is 0.0674. The zero-order valence-corrected chi connectivity index (χ0v) is 58.9. The summed E-state index contributed by atoms with van der Waals surface area (Å²) >= 11 is 5.59. The number of rotatable bonds is 12. The van der Waals surface area contributed by atoms with Gasteiger partial charge in [-0.3, -0.25) is 19.0 Å². The lowest BCUT2D eigenvalue weighted by Gasteiger charge is -2.32. The lowest BCUT2D eigenvalue weighted by atomic mass is 9.76. The molecular weight excluding hydrogens is 1250 g/mol. The summed E-state index contributed by atoms with van der Waals surface area (Å²) in [5.74, 6) is 0.876. The van der Waals surface area contributed by atoms with Gasteiger partial charge in [0, 0.05) is 71.1 Å². The molecule has 3 aliphatic rings. The Labute approximate surface area is 565 Å². The number of anilines is 4. The number of ketones is 2. The number of nitrogens with one attached hydrogen (secondary N) is 2. The summed E-state index contributed by atoms with van der Waals surface area (Å²) in [5, 5.41) is 31.0. The third-order valence-corrected chi connectivity index (χ3v) is 16.5. The number of aromatic nitrogens is 16. The Hall–Kier alpha value is -9.09. The number of amides is 2. The maximum Gasteiger partial charge on any atom is 0.494 e. The standard InChI is InChI=1S/C30H38N10O3.C29H43BN4O5.C7H7ClN6/c1-29(2,3)40-17-24(36-37-40)25(41)13-19-10-11-39(28(42)43-30(4,5)6)15-21-12-20(8-9-23(19)21)26-31-18-32-27(35-26)34-22-14-33-38(7)16-22;1-26(2,3)34-18-23(31-32-34)24(35)16-19-13-14-33(25(36)37-27(4,5)6)17-20-15-21(11-12-22(19)20)30-38-28(7,8)29(9,10)39-30;1-14-3-5(2-11-14)12-7-10-4-9-6(8)13-7/h8-9,12,14,16-19H,10-11,13,15H2,1-7H3,(H,31,32,34,35);11-12,15,18-19H,13-14,16-17H2,1-10H3;2-4H,1H3,(H,9,10,12,13)/t2*19-;/m00./s1. The van der Waals surface area contributed by atoms with Crippen molar-refractivity contribution in [3.05, 3.63) is 125 Å². The molecule has 0 radical (unpaired) electrons. The Morgan fingerprint density at radius 2 is 1.05 bits per heavy atom. The van der Waals surface area contributed by atoms with Gasteiger partial charge in [-0.1, -0.05) is 40.8 Å². The molecule has 0 aliphatic carbocycles. The number of ether oxygens (including phenoxy) is 2. The summed E-state index contributed by atoms with van der Waals surface area (Å²) in [6.07, 6.45) is 14.1. The molecular formula is C66H88BClN20O8. The molecule has 510 valence electrons. The maximum atomic E-state index is 13.4. The summed E-state index contributed by atoms with van der Waals surface area (Å²) in [6, 6.07) is 12.0. The van der Waals surface area contributed by atoms with E-state index in [-0.39, 0.29) is 58.7 Å². The molecule has 2 aromatic carbocycles. The fourth-order valence-electron chi connectivity index (χ4n) is 10.6. The van der Waals surface area contributed by atoms with Crippen LogP contribution < -0.4 is 16.1 Å². The van der Waals surface area contributed by atoms with Gasteiger partial charge in [-0.15, -0.1) is 10.2 Å². The van der Waals surface area contributed by atoms with E-state index >= 15 is 0 Å². The first-order chi connectivity index (χ1) is 44.8. The van der Waals surface area contributed by atoms with Gasteiger partial charge in [0.05, 0.1) is 58.4 Å². The lowest BCUT2D eigenvalue weighted by molar-refractivity contribution is 0.00578. The van der Waals surface area contributed by atoms with E-state index < -0.39 is 35.6 Å². The SMILES string of the molecule is CC(C)(C)OC(=O)N1CC[C@@H](CC(=O)c2cn(C(C)(C)C)nn2)c2ccc(B3OC(C)(C)C(C)(C)O3)cc2C1.Cn1cc(Nc2ncnc(-c3ccc4c(c3)CN(C(=O)OC(C)(C)C)CC[C@H]4CC(=O)c3cn(C(C)(C)C)nn3)n2)cn1.Cn1cc(Nc2ncnc(Cl)n2)cn1. The molecule has 3 aliphatic heterocycles. The third-order valence-electron chi connectivity index (χ3n) is 16.3. The first kappa shape index (κ1) is 71.2. The summed E-state index contributed by atoms with van der Waals surface area (Å²) in [4.78, 5) is 81.1. The first-order valence-electron chi connectivity index (χ1n) is 31.9. The van der Waals surface area contributed by atoms with Crippen molar-refractivity contribution in [1.82, 2.24) is 89.3 Å². The quantitative estimate of drug-likeness (QED) is 0.0848. The van der Waals surface area contributed by atoms with Crippen LogP contribution in [0.3, 0.4) is 0 Å². The molecule has 11 rings (SSSR count). The molecule has 6 aromatic heterocycles. The van der Waals surface area contributed by atoms with Gasteiger partial charge in [0.2, 0.25) is 17.2 Å². The molecule has 30 heteroatoms. The van der Waals surface area contributed by atoms with Crippen LogP contribution in [0.2, 0.25) is 5.28 Å². The van der Waals surface area contributed by atoms with Gasteiger partial charge in [0.25, 0.3) is 0 Å². The average molecular weight is 1340 g/mol. The normalized spacial score (nSPS) is 16.9. The van der Waals surface area contributed by atoms with E-state index in [0.29, 0.717) is 68.1 Å². The van der Waals surface area contributed by atoms with Crippen molar-refractivity contribution in [2.45, 2.75) is 195 Å². The van der Waals surface area contributed by atoms with E-state index in [1.54, 1.807) is 59.5 Å². The maximum absolute atomic E-state index is 13.4.